The molecule has 152 valence electrons. The van der Waals surface area contributed by atoms with E-state index in [4.69, 9.17) is 9.47 Å². The summed E-state index contributed by atoms with van der Waals surface area (Å²) in [6, 6.07) is 7.83. The van der Waals surface area contributed by atoms with Gasteiger partial charge in [-0.25, -0.2) is 4.79 Å². The molecule has 0 bridgehead atoms. The Morgan fingerprint density at radius 1 is 1.14 bits per heavy atom. The van der Waals surface area contributed by atoms with Gasteiger partial charge in [-0.05, 0) is 63.7 Å². The number of carbonyl (C=O) groups excluding carboxylic acids is 2. The van der Waals surface area contributed by atoms with Crippen LogP contribution < -0.4 is 5.32 Å². The quantitative estimate of drug-likeness (QED) is 0.684. The lowest BCUT2D eigenvalue weighted by Crippen LogP contribution is -2.41. The molecule has 0 saturated heterocycles. The lowest BCUT2D eigenvalue weighted by Gasteiger charge is -2.23. The number of alkyl carbamates (subject to hydrolysis) is 1. The average Bonchev–Trinajstić information content (AvgIpc) is 2.61. The number of carbonyl (C=O) groups is 2. The van der Waals surface area contributed by atoms with Gasteiger partial charge in [-0.2, -0.15) is 0 Å². The summed E-state index contributed by atoms with van der Waals surface area (Å²) in [7, 11) is 0. The Kier molecular flexibility index (Phi) is 7.85. The van der Waals surface area contributed by atoms with Crippen LogP contribution in [0.1, 0.15) is 58.1 Å². The second kappa shape index (κ2) is 10.1. The van der Waals surface area contributed by atoms with E-state index in [1.54, 1.807) is 27.7 Å². The molecule has 0 unspecified atom stereocenters. The molecule has 1 aliphatic carbocycles. The van der Waals surface area contributed by atoms with Crippen LogP contribution in [0.25, 0.3) is 5.57 Å². The fourth-order valence-corrected chi connectivity index (χ4v) is 3.01. The zero-order valence-corrected chi connectivity index (χ0v) is 17.3. The molecule has 0 spiro atoms. The summed E-state index contributed by atoms with van der Waals surface area (Å²) in [5.41, 5.74) is 2.84. The van der Waals surface area contributed by atoms with Crippen LogP contribution in [-0.4, -0.2) is 30.3 Å². The van der Waals surface area contributed by atoms with E-state index in [-0.39, 0.29) is 12.4 Å². The first-order valence-corrected chi connectivity index (χ1v) is 9.88. The van der Waals surface area contributed by atoms with Gasteiger partial charge in [0.1, 0.15) is 5.60 Å². The molecule has 1 amide bonds. The number of hydrogen-bond donors (Lipinski definition) is 1. The highest BCUT2D eigenvalue weighted by atomic mass is 16.6. The predicted molar refractivity (Wildman–Crippen MR) is 111 cm³/mol. The molecule has 0 heterocycles. The van der Waals surface area contributed by atoms with E-state index < -0.39 is 17.7 Å². The molecule has 1 aromatic carbocycles. The van der Waals surface area contributed by atoms with Crippen molar-refractivity contribution >= 4 is 17.6 Å². The van der Waals surface area contributed by atoms with Crippen molar-refractivity contribution in [3.05, 3.63) is 53.6 Å². The van der Waals surface area contributed by atoms with Gasteiger partial charge in [0.25, 0.3) is 0 Å². The van der Waals surface area contributed by atoms with Crippen molar-refractivity contribution in [3.63, 3.8) is 0 Å². The maximum Gasteiger partial charge on any atom is 0.407 e. The van der Waals surface area contributed by atoms with E-state index in [0.717, 1.165) is 18.4 Å². The Morgan fingerprint density at radius 3 is 2.43 bits per heavy atom. The van der Waals surface area contributed by atoms with Crippen molar-refractivity contribution in [2.75, 3.05) is 6.61 Å². The first-order valence-electron chi connectivity index (χ1n) is 9.88. The zero-order chi connectivity index (χ0) is 20.6. The van der Waals surface area contributed by atoms with Crippen molar-refractivity contribution in [2.45, 2.75) is 65.0 Å². The number of nitrogens with one attached hydrogen (secondary N) is 1. The summed E-state index contributed by atoms with van der Waals surface area (Å²) in [6.45, 7) is 7.50. The normalized spacial score (nSPS) is 14.8. The number of esters is 1. The summed E-state index contributed by atoms with van der Waals surface area (Å²) in [4.78, 5) is 24.1. The Labute approximate surface area is 167 Å². The maximum absolute atomic E-state index is 12.2. The minimum absolute atomic E-state index is 0.0999. The van der Waals surface area contributed by atoms with E-state index >= 15 is 0 Å². The standard InChI is InChI=1S/C23H31NO4/c1-5-27-21(25)16-20(24-22(26)28-23(2,3)4)15-17-11-13-19(14-12-17)18-9-7-6-8-10-18/h7,9-14,20H,5-6,8,15-16H2,1-4H3,(H,24,26)/t20-/m1/s1. The van der Waals surface area contributed by atoms with Gasteiger partial charge >= 0.3 is 12.1 Å². The lowest BCUT2D eigenvalue weighted by atomic mass is 9.96. The first-order chi connectivity index (χ1) is 13.3. The number of rotatable bonds is 7. The van der Waals surface area contributed by atoms with Crippen LogP contribution in [0.5, 0.6) is 0 Å². The van der Waals surface area contributed by atoms with E-state index in [0.29, 0.717) is 13.0 Å². The molecule has 1 aliphatic rings. The SMILES string of the molecule is CCOC(=O)C[C@@H](Cc1ccc(C2=CCCC=C2)cc1)NC(=O)OC(C)(C)C. The lowest BCUT2D eigenvalue weighted by molar-refractivity contribution is -0.143. The van der Waals surface area contributed by atoms with E-state index in [9.17, 15) is 9.59 Å². The molecule has 1 N–H and O–H groups in total. The van der Waals surface area contributed by atoms with Crippen LogP contribution in [0, 0.1) is 0 Å². The number of hydrogen-bond acceptors (Lipinski definition) is 4. The Hall–Kier alpha value is -2.56. The van der Waals surface area contributed by atoms with E-state index in [2.05, 4.69) is 35.7 Å². The highest BCUT2D eigenvalue weighted by molar-refractivity contribution is 5.75. The van der Waals surface area contributed by atoms with Crippen LogP contribution in [0.4, 0.5) is 4.79 Å². The first kappa shape index (κ1) is 21.7. The Morgan fingerprint density at radius 2 is 1.86 bits per heavy atom. The average molecular weight is 386 g/mol. The van der Waals surface area contributed by atoms with Gasteiger partial charge in [0.05, 0.1) is 13.0 Å². The maximum atomic E-state index is 12.2. The van der Waals surface area contributed by atoms with Crippen LogP contribution in [0.3, 0.4) is 0 Å². The molecule has 2 rings (SSSR count). The molecule has 5 nitrogen and oxygen atoms in total. The smallest absolute Gasteiger partial charge is 0.407 e. The van der Waals surface area contributed by atoms with Gasteiger partial charge in [-0.15, -0.1) is 0 Å². The van der Waals surface area contributed by atoms with Crippen LogP contribution >= 0.6 is 0 Å². The molecule has 1 atom stereocenters. The van der Waals surface area contributed by atoms with Crippen molar-refractivity contribution in [1.82, 2.24) is 5.32 Å². The van der Waals surface area contributed by atoms with Gasteiger partial charge in [0, 0.05) is 6.04 Å². The topological polar surface area (TPSA) is 64.6 Å². The molecule has 0 aliphatic heterocycles. The second-order valence-electron chi connectivity index (χ2n) is 7.89. The third-order valence-electron chi connectivity index (χ3n) is 4.20. The summed E-state index contributed by atoms with van der Waals surface area (Å²) < 4.78 is 10.4. The van der Waals surface area contributed by atoms with E-state index in [1.807, 2.05) is 12.1 Å². The van der Waals surface area contributed by atoms with Gasteiger partial charge in [-0.3, -0.25) is 4.79 Å². The van der Waals surface area contributed by atoms with Gasteiger partial charge in [-0.1, -0.05) is 42.5 Å². The number of benzene rings is 1. The largest absolute Gasteiger partial charge is 0.466 e. The summed E-state index contributed by atoms with van der Waals surface area (Å²) in [6.07, 6.45) is 8.81. The fourth-order valence-electron chi connectivity index (χ4n) is 3.01. The van der Waals surface area contributed by atoms with Crippen molar-refractivity contribution in [2.24, 2.45) is 0 Å². The minimum atomic E-state index is -0.596. The highest BCUT2D eigenvalue weighted by Gasteiger charge is 2.22. The molecule has 1 aromatic rings. The van der Waals surface area contributed by atoms with Crippen LogP contribution in [0.2, 0.25) is 0 Å². The second-order valence-corrected chi connectivity index (χ2v) is 7.89. The van der Waals surface area contributed by atoms with Gasteiger partial charge in [0.15, 0.2) is 0 Å². The molecular formula is C23H31NO4. The third kappa shape index (κ3) is 7.59. The third-order valence-corrected chi connectivity index (χ3v) is 4.20. The predicted octanol–water partition coefficient (Wildman–Crippen LogP) is 4.81. The molecule has 0 fully saturated rings. The molecular weight excluding hydrogens is 354 g/mol. The van der Waals surface area contributed by atoms with Gasteiger partial charge in [0.2, 0.25) is 0 Å². The van der Waals surface area contributed by atoms with Crippen molar-refractivity contribution in [1.29, 1.82) is 0 Å². The van der Waals surface area contributed by atoms with Crippen LogP contribution in [0.15, 0.2) is 42.5 Å². The van der Waals surface area contributed by atoms with E-state index in [1.165, 1.54) is 11.1 Å². The van der Waals surface area contributed by atoms with Crippen molar-refractivity contribution < 1.29 is 19.1 Å². The fraction of sp³-hybridized carbons (Fsp3) is 0.478. The molecule has 0 aromatic heterocycles. The monoisotopic (exact) mass is 385 g/mol. The highest BCUT2D eigenvalue weighted by Crippen LogP contribution is 2.22. The molecule has 5 heteroatoms. The Bertz CT molecular complexity index is 726. The number of ether oxygens (including phenoxy) is 2. The summed E-state index contributed by atoms with van der Waals surface area (Å²) in [5.74, 6) is -0.335. The molecule has 0 saturated carbocycles. The van der Waals surface area contributed by atoms with Crippen molar-refractivity contribution in [3.8, 4) is 0 Å². The Balaban J connectivity index is 2.05. The van der Waals surface area contributed by atoms with Crippen LogP contribution in [-0.2, 0) is 20.7 Å². The summed E-state index contributed by atoms with van der Waals surface area (Å²) >= 11 is 0. The zero-order valence-electron chi connectivity index (χ0n) is 17.3. The minimum Gasteiger partial charge on any atom is -0.466 e. The van der Waals surface area contributed by atoms with Gasteiger partial charge < -0.3 is 14.8 Å². The number of amides is 1. The molecule has 28 heavy (non-hydrogen) atoms. The summed E-state index contributed by atoms with van der Waals surface area (Å²) in [5, 5.41) is 2.80. The number of allylic oxidation sites excluding steroid dienone is 4. The molecule has 0 radical (unpaired) electrons.